The first-order valence-corrected chi connectivity index (χ1v) is 7.89. The van der Waals surface area contributed by atoms with Crippen molar-refractivity contribution in [2.75, 3.05) is 32.6 Å². The number of likely N-dealkylation sites (tertiary alicyclic amines) is 1. The summed E-state index contributed by atoms with van der Waals surface area (Å²) in [4.78, 5) is 49.5. The predicted molar refractivity (Wildman–Crippen MR) is 88.2 cm³/mol. The van der Waals surface area contributed by atoms with Crippen LogP contribution in [0.25, 0.3) is 0 Å². The fourth-order valence-corrected chi connectivity index (χ4v) is 2.60. The maximum absolute atomic E-state index is 12.3. The normalized spacial score (nSPS) is 13.8. The number of piperidine rings is 1. The number of amides is 2. The lowest BCUT2D eigenvalue weighted by Gasteiger charge is -2.26. The molecule has 0 bridgehead atoms. The first-order chi connectivity index (χ1) is 12.0. The summed E-state index contributed by atoms with van der Waals surface area (Å²) in [6.07, 6.45) is 2.73. The van der Waals surface area contributed by atoms with Gasteiger partial charge in [0.05, 0.1) is 31.0 Å². The number of ether oxygens (including phenoxy) is 2. The van der Waals surface area contributed by atoms with Gasteiger partial charge in [-0.3, -0.25) is 9.59 Å². The topological polar surface area (TPSA) is 102 Å². The molecule has 2 amide bonds. The molecule has 8 nitrogen and oxygen atoms in total. The molecule has 1 N–H and O–H groups in total. The van der Waals surface area contributed by atoms with E-state index in [0.29, 0.717) is 13.1 Å². The molecule has 0 radical (unpaired) electrons. The molecule has 1 aliphatic rings. The van der Waals surface area contributed by atoms with E-state index in [-0.39, 0.29) is 16.8 Å². The third-order valence-corrected chi connectivity index (χ3v) is 3.93. The van der Waals surface area contributed by atoms with Gasteiger partial charge >= 0.3 is 23.8 Å². The fraction of sp³-hybridized carbons (Fsp3) is 0.412. The Morgan fingerprint density at radius 3 is 2.20 bits per heavy atom. The van der Waals surface area contributed by atoms with Crippen LogP contribution < -0.4 is 5.32 Å². The number of esters is 2. The molecular weight excluding hydrogens is 328 g/mol. The minimum absolute atomic E-state index is 0.0186. The van der Waals surface area contributed by atoms with E-state index in [9.17, 15) is 19.2 Å². The van der Waals surface area contributed by atoms with Gasteiger partial charge in [0, 0.05) is 13.1 Å². The van der Waals surface area contributed by atoms with Crippen LogP contribution in [0.15, 0.2) is 18.2 Å². The Labute approximate surface area is 145 Å². The highest BCUT2D eigenvalue weighted by molar-refractivity contribution is 6.40. The number of nitrogens with zero attached hydrogens (tertiary/aromatic N) is 1. The molecule has 0 aromatic heterocycles. The predicted octanol–water partition coefficient (Wildman–Crippen LogP) is 1.21. The van der Waals surface area contributed by atoms with Gasteiger partial charge in [-0.1, -0.05) is 0 Å². The number of carbonyl (C=O) groups is 4. The van der Waals surface area contributed by atoms with Gasteiger partial charge in [-0.15, -0.1) is 0 Å². The zero-order valence-corrected chi connectivity index (χ0v) is 14.2. The average Bonchev–Trinajstić information content (AvgIpc) is 2.66. The summed E-state index contributed by atoms with van der Waals surface area (Å²) in [5.74, 6) is -2.86. The second-order valence-electron chi connectivity index (χ2n) is 5.55. The molecule has 0 saturated carbocycles. The van der Waals surface area contributed by atoms with E-state index in [2.05, 4.69) is 14.8 Å². The van der Waals surface area contributed by atoms with Crippen molar-refractivity contribution in [3.8, 4) is 0 Å². The van der Waals surface area contributed by atoms with Gasteiger partial charge in [0.2, 0.25) is 0 Å². The Morgan fingerprint density at radius 2 is 1.60 bits per heavy atom. The fourth-order valence-electron chi connectivity index (χ4n) is 2.60. The second kappa shape index (κ2) is 8.27. The molecule has 1 heterocycles. The largest absolute Gasteiger partial charge is 0.465 e. The van der Waals surface area contributed by atoms with E-state index in [4.69, 9.17) is 0 Å². The lowest BCUT2D eigenvalue weighted by atomic mass is 10.1. The SMILES string of the molecule is COC(=O)c1ccc(C(=O)OC)c(NC(=O)C(=O)N2CCCCC2)c1. The van der Waals surface area contributed by atoms with E-state index < -0.39 is 23.8 Å². The summed E-state index contributed by atoms with van der Waals surface area (Å²) in [7, 11) is 2.41. The van der Waals surface area contributed by atoms with Crippen molar-refractivity contribution in [3.63, 3.8) is 0 Å². The van der Waals surface area contributed by atoms with Crippen molar-refractivity contribution < 1.29 is 28.7 Å². The maximum Gasteiger partial charge on any atom is 0.339 e. The summed E-state index contributed by atoms with van der Waals surface area (Å²) in [6, 6.07) is 3.98. The Bertz CT molecular complexity index is 694. The molecule has 1 fully saturated rings. The summed E-state index contributed by atoms with van der Waals surface area (Å²) < 4.78 is 9.28. The Morgan fingerprint density at radius 1 is 0.960 bits per heavy atom. The van der Waals surface area contributed by atoms with Crippen LogP contribution in [0.3, 0.4) is 0 Å². The zero-order chi connectivity index (χ0) is 18.4. The van der Waals surface area contributed by atoms with Crippen molar-refractivity contribution in [1.82, 2.24) is 4.90 Å². The Hall–Kier alpha value is -2.90. The highest BCUT2D eigenvalue weighted by Gasteiger charge is 2.25. The lowest BCUT2D eigenvalue weighted by molar-refractivity contribution is -0.143. The van der Waals surface area contributed by atoms with Crippen LogP contribution in [-0.2, 0) is 19.1 Å². The number of hydrogen-bond acceptors (Lipinski definition) is 6. The number of benzene rings is 1. The second-order valence-corrected chi connectivity index (χ2v) is 5.55. The van der Waals surface area contributed by atoms with Gasteiger partial charge in [-0.2, -0.15) is 0 Å². The molecule has 0 spiro atoms. The molecule has 8 heteroatoms. The quantitative estimate of drug-likeness (QED) is 0.651. The number of carbonyl (C=O) groups excluding carboxylic acids is 4. The number of nitrogens with one attached hydrogen (secondary N) is 1. The lowest BCUT2D eigenvalue weighted by Crippen LogP contribution is -2.42. The summed E-state index contributed by atoms with van der Waals surface area (Å²) >= 11 is 0. The van der Waals surface area contributed by atoms with Crippen LogP contribution in [0.2, 0.25) is 0 Å². The van der Waals surface area contributed by atoms with Gasteiger partial charge in [0.1, 0.15) is 0 Å². The van der Waals surface area contributed by atoms with Crippen LogP contribution in [0.5, 0.6) is 0 Å². The van der Waals surface area contributed by atoms with Gasteiger partial charge in [-0.25, -0.2) is 9.59 Å². The number of anilines is 1. The summed E-state index contributed by atoms with van der Waals surface area (Å²) in [5, 5.41) is 2.40. The van der Waals surface area contributed by atoms with E-state index in [1.807, 2.05) is 0 Å². The van der Waals surface area contributed by atoms with Gasteiger partial charge in [0.25, 0.3) is 0 Å². The van der Waals surface area contributed by atoms with E-state index in [0.717, 1.165) is 19.3 Å². The Balaban J connectivity index is 2.25. The van der Waals surface area contributed by atoms with Crippen LogP contribution >= 0.6 is 0 Å². The summed E-state index contributed by atoms with van der Waals surface area (Å²) in [5.41, 5.74) is 0.191. The van der Waals surface area contributed by atoms with Crippen LogP contribution in [0.4, 0.5) is 5.69 Å². The standard InChI is InChI=1S/C17H20N2O6/c1-24-16(22)11-6-7-12(17(23)25-2)13(10-11)18-14(20)15(21)19-8-4-3-5-9-19/h6-7,10H,3-5,8-9H2,1-2H3,(H,18,20). The molecule has 0 unspecified atom stereocenters. The van der Waals surface area contributed by atoms with Crippen LogP contribution in [0, 0.1) is 0 Å². The molecule has 25 heavy (non-hydrogen) atoms. The number of rotatable bonds is 3. The molecule has 0 aliphatic carbocycles. The van der Waals surface area contributed by atoms with Crippen molar-refractivity contribution >= 4 is 29.4 Å². The third kappa shape index (κ3) is 4.34. The molecule has 134 valence electrons. The van der Waals surface area contributed by atoms with Gasteiger partial charge in [-0.05, 0) is 37.5 Å². The monoisotopic (exact) mass is 348 g/mol. The zero-order valence-electron chi connectivity index (χ0n) is 14.2. The van der Waals surface area contributed by atoms with Gasteiger partial charge in [0.15, 0.2) is 0 Å². The number of methoxy groups -OCH3 is 2. The molecule has 1 aliphatic heterocycles. The highest BCUT2D eigenvalue weighted by atomic mass is 16.5. The average molecular weight is 348 g/mol. The minimum Gasteiger partial charge on any atom is -0.465 e. The highest BCUT2D eigenvalue weighted by Crippen LogP contribution is 2.20. The molecule has 2 rings (SSSR count). The maximum atomic E-state index is 12.3. The number of hydrogen-bond donors (Lipinski definition) is 1. The minimum atomic E-state index is -0.867. The van der Waals surface area contributed by atoms with Gasteiger partial charge < -0.3 is 19.7 Å². The smallest absolute Gasteiger partial charge is 0.339 e. The van der Waals surface area contributed by atoms with Crippen molar-refractivity contribution in [1.29, 1.82) is 0 Å². The van der Waals surface area contributed by atoms with Crippen molar-refractivity contribution in [2.24, 2.45) is 0 Å². The first-order valence-electron chi connectivity index (χ1n) is 7.89. The van der Waals surface area contributed by atoms with Crippen LogP contribution in [0.1, 0.15) is 40.0 Å². The van der Waals surface area contributed by atoms with E-state index >= 15 is 0 Å². The third-order valence-electron chi connectivity index (χ3n) is 3.93. The van der Waals surface area contributed by atoms with E-state index in [1.165, 1.54) is 37.3 Å². The van der Waals surface area contributed by atoms with Crippen LogP contribution in [-0.4, -0.2) is 56.0 Å². The van der Waals surface area contributed by atoms with Crippen molar-refractivity contribution in [3.05, 3.63) is 29.3 Å². The van der Waals surface area contributed by atoms with Crippen molar-refractivity contribution in [2.45, 2.75) is 19.3 Å². The first kappa shape index (κ1) is 18.4. The molecule has 1 aromatic carbocycles. The molecular formula is C17H20N2O6. The molecule has 0 atom stereocenters. The summed E-state index contributed by atoms with van der Waals surface area (Å²) in [6.45, 7) is 1.05. The molecule has 1 aromatic rings. The van der Waals surface area contributed by atoms with E-state index in [1.54, 1.807) is 0 Å². The Kier molecular flexibility index (Phi) is 6.10. The molecule has 1 saturated heterocycles.